The summed E-state index contributed by atoms with van der Waals surface area (Å²) in [6, 6.07) is 8.47. The summed E-state index contributed by atoms with van der Waals surface area (Å²) in [5.74, 6) is 0.796. The van der Waals surface area contributed by atoms with Gasteiger partial charge in [0.25, 0.3) is 0 Å². The summed E-state index contributed by atoms with van der Waals surface area (Å²) >= 11 is 0. The zero-order valence-corrected chi connectivity index (χ0v) is 18.6. The van der Waals surface area contributed by atoms with E-state index in [1.54, 1.807) is 0 Å². The number of aromatic nitrogens is 3. The summed E-state index contributed by atoms with van der Waals surface area (Å²) in [6.07, 6.45) is 5.61. The predicted octanol–water partition coefficient (Wildman–Crippen LogP) is 0.110. The molecule has 0 atom stereocenters. The lowest BCUT2D eigenvalue weighted by Crippen LogP contribution is -2.39. The topological polar surface area (TPSA) is 42.7 Å². The van der Waals surface area contributed by atoms with Gasteiger partial charge in [-0.1, -0.05) is 46.2 Å². The molecular formula is C23H25B3N4. The number of pyridine rings is 1. The SMILES string of the molecule is Bc1c(B)c(C(=C)Nc2cc3cc(-c4cncn4C)ccc3cn2)c(B)c(C)c1C. The highest BCUT2D eigenvalue weighted by Gasteiger charge is 2.14. The molecule has 1 N–H and O–H groups in total. The van der Waals surface area contributed by atoms with Gasteiger partial charge in [0.05, 0.1) is 18.2 Å². The molecule has 0 aliphatic carbocycles. The fourth-order valence-corrected chi connectivity index (χ4v) is 4.17. The van der Waals surface area contributed by atoms with Crippen LogP contribution >= 0.6 is 0 Å². The van der Waals surface area contributed by atoms with E-state index in [-0.39, 0.29) is 0 Å². The minimum absolute atomic E-state index is 0.796. The zero-order chi connectivity index (χ0) is 21.6. The second kappa shape index (κ2) is 7.56. The standard InChI is InChI=1S/C23H25B3N4/c1-12-13(2)22(25)23(26)20(21(12)24)14(3)29-19-8-17-7-15(5-6-16(17)9-28-19)18-10-27-11-30(18)4/h5-11H,3,24-26H2,1-2,4H3,(H,28,29). The Morgan fingerprint density at radius 1 is 0.967 bits per heavy atom. The van der Waals surface area contributed by atoms with Crippen LogP contribution < -0.4 is 21.7 Å². The van der Waals surface area contributed by atoms with Gasteiger partial charge in [0.2, 0.25) is 0 Å². The fraction of sp³-hybridized carbons (Fsp3) is 0.130. The number of benzene rings is 2. The van der Waals surface area contributed by atoms with Gasteiger partial charge in [-0.25, -0.2) is 9.97 Å². The lowest BCUT2D eigenvalue weighted by molar-refractivity contribution is 0.921. The van der Waals surface area contributed by atoms with Crippen molar-refractivity contribution in [3.8, 4) is 11.3 Å². The van der Waals surface area contributed by atoms with E-state index >= 15 is 0 Å². The molecular weight excluding hydrogens is 365 g/mol. The number of anilines is 1. The van der Waals surface area contributed by atoms with Crippen LogP contribution in [0.5, 0.6) is 0 Å². The molecule has 0 aliphatic heterocycles. The van der Waals surface area contributed by atoms with Crippen molar-refractivity contribution in [2.75, 3.05) is 5.32 Å². The van der Waals surface area contributed by atoms with Gasteiger partial charge in [0.1, 0.15) is 29.4 Å². The van der Waals surface area contributed by atoms with E-state index in [2.05, 4.69) is 83.5 Å². The van der Waals surface area contributed by atoms with Crippen LogP contribution in [0.25, 0.3) is 27.7 Å². The largest absolute Gasteiger partial charge is 0.340 e. The zero-order valence-electron chi connectivity index (χ0n) is 18.6. The molecule has 2 heterocycles. The van der Waals surface area contributed by atoms with Gasteiger partial charge in [0.15, 0.2) is 0 Å². The molecule has 0 aliphatic rings. The van der Waals surface area contributed by atoms with Crippen molar-refractivity contribution < 1.29 is 0 Å². The molecule has 2 aromatic heterocycles. The van der Waals surface area contributed by atoms with Crippen molar-refractivity contribution >= 4 is 62.2 Å². The fourth-order valence-electron chi connectivity index (χ4n) is 4.17. The Labute approximate surface area is 180 Å². The van der Waals surface area contributed by atoms with Crippen LogP contribution in [0.15, 0.2) is 49.6 Å². The van der Waals surface area contributed by atoms with Crippen LogP contribution in [0.4, 0.5) is 5.82 Å². The number of imidazole rings is 1. The van der Waals surface area contributed by atoms with Gasteiger partial charge in [-0.15, -0.1) is 0 Å². The molecule has 0 unspecified atom stereocenters. The van der Waals surface area contributed by atoms with Gasteiger partial charge in [0, 0.05) is 29.9 Å². The van der Waals surface area contributed by atoms with E-state index < -0.39 is 0 Å². The number of aryl methyl sites for hydroxylation is 1. The first-order chi connectivity index (χ1) is 14.3. The number of rotatable bonds is 4. The first-order valence-electron chi connectivity index (χ1n) is 10.2. The number of nitrogens with one attached hydrogen (secondary N) is 1. The van der Waals surface area contributed by atoms with E-state index in [1.807, 2.05) is 30.3 Å². The highest BCUT2D eigenvalue weighted by atomic mass is 15.0. The third-order valence-electron chi connectivity index (χ3n) is 6.41. The molecule has 0 spiro atoms. The summed E-state index contributed by atoms with van der Waals surface area (Å²) < 4.78 is 2.02. The van der Waals surface area contributed by atoms with Crippen molar-refractivity contribution in [3.05, 3.63) is 66.3 Å². The Balaban J connectivity index is 1.71. The number of hydrogen-bond acceptors (Lipinski definition) is 3. The van der Waals surface area contributed by atoms with E-state index in [0.29, 0.717) is 0 Å². The number of fused-ring (bicyclic) bond motifs is 1. The molecule has 4 nitrogen and oxygen atoms in total. The van der Waals surface area contributed by atoms with Gasteiger partial charge in [-0.2, -0.15) is 0 Å². The van der Waals surface area contributed by atoms with E-state index in [9.17, 15) is 0 Å². The maximum absolute atomic E-state index is 4.61. The van der Waals surface area contributed by atoms with Crippen LogP contribution in [-0.2, 0) is 7.05 Å². The molecule has 4 rings (SSSR count). The van der Waals surface area contributed by atoms with Crippen LogP contribution in [0.2, 0.25) is 0 Å². The monoisotopic (exact) mass is 390 g/mol. The molecule has 146 valence electrons. The van der Waals surface area contributed by atoms with Crippen molar-refractivity contribution in [2.45, 2.75) is 13.8 Å². The summed E-state index contributed by atoms with van der Waals surface area (Å²) in [7, 11) is 8.53. The van der Waals surface area contributed by atoms with E-state index in [1.165, 1.54) is 33.1 Å². The predicted molar refractivity (Wildman–Crippen MR) is 137 cm³/mol. The minimum Gasteiger partial charge on any atom is -0.340 e. The van der Waals surface area contributed by atoms with Gasteiger partial charge >= 0.3 is 0 Å². The molecule has 2 aromatic carbocycles. The summed E-state index contributed by atoms with van der Waals surface area (Å²) in [4.78, 5) is 8.85. The molecule has 0 saturated carbocycles. The summed E-state index contributed by atoms with van der Waals surface area (Å²) in [5, 5.41) is 5.68. The van der Waals surface area contributed by atoms with Gasteiger partial charge in [-0.3, -0.25) is 0 Å². The molecule has 0 amide bonds. The lowest BCUT2D eigenvalue weighted by Gasteiger charge is -2.21. The van der Waals surface area contributed by atoms with Crippen molar-refractivity contribution in [3.63, 3.8) is 0 Å². The second-order valence-corrected chi connectivity index (χ2v) is 8.12. The van der Waals surface area contributed by atoms with Crippen molar-refractivity contribution in [1.29, 1.82) is 0 Å². The highest BCUT2D eigenvalue weighted by molar-refractivity contribution is 6.53. The first kappa shape index (κ1) is 20.1. The summed E-state index contributed by atoms with van der Waals surface area (Å²) in [5.41, 5.74) is 10.8. The van der Waals surface area contributed by atoms with Crippen molar-refractivity contribution in [1.82, 2.24) is 14.5 Å². The Morgan fingerprint density at radius 2 is 1.70 bits per heavy atom. The Morgan fingerprint density at radius 3 is 2.40 bits per heavy atom. The Hall–Kier alpha value is -3.21. The van der Waals surface area contributed by atoms with Gasteiger partial charge in [-0.05, 0) is 36.9 Å². The quantitative estimate of drug-likeness (QED) is 0.504. The molecule has 0 bridgehead atoms. The average Bonchev–Trinajstić information content (AvgIpc) is 3.16. The first-order valence-corrected chi connectivity index (χ1v) is 10.2. The Kier molecular flexibility index (Phi) is 5.06. The van der Waals surface area contributed by atoms with Gasteiger partial charge < -0.3 is 9.88 Å². The molecule has 0 saturated heterocycles. The normalized spacial score (nSPS) is 11.0. The van der Waals surface area contributed by atoms with E-state index in [0.717, 1.165) is 33.5 Å². The van der Waals surface area contributed by atoms with Crippen LogP contribution in [-0.4, -0.2) is 38.1 Å². The highest BCUT2D eigenvalue weighted by Crippen LogP contribution is 2.26. The minimum atomic E-state index is 0.796. The maximum Gasteiger partial charge on any atom is 0.140 e. The number of nitrogens with zero attached hydrogens (tertiary/aromatic N) is 3. The average molecular weight is 390 g/mol. The third kappa shape index (κ3) is 3.34. The summed E-state index contributed by atoms with van der Waals surface area (Å²) in [6.45, 7) is 8.71. The molecule has 7 heteroatoms. The Bertz CT molecular complexity index is 1280. The van der Waals surface area contributed by atoms with Crippen LogP contribution in [0, 0.1) is 13.8 Å². The molecule has 0 radical (unpaired) electrons. The van der Waals surface area contributed by atoms with Crippen molar-refractivity contribution in [2.24, 2.45) is 7.05 Å². The third-order valence-corrected chi connectivity index (χ3v) is 6.41. The van der Waals surface area contributed by atoms with Crippen LogP contribution in [0.1, 0.15) is 16.7 Å². The lowest BCUT2D eigenvalue weighted by atomic mass is 9.68. The number of hydrogen-bond donors (Lipinski definition) is 1. The molecule has 30 heavy (non-hydrogen) atoms. The van der Waals surface area contributed by atoms with Crippen LogP contribution in [0.3, 0.4) is 0 Å². The smallest absolute Gasteiger partial charge is 0.140 e. The second-order valence-electron chi connectivity index (χ2n) is 8.12. The molecule has 4 aromatic rings. The molecule has 0 fully saturated rings. The maximum atomic E-state index is 4.61. The van der Waals surface area contributed by atoms with E-state index in [4.69, 9.17) is 0 Å².